The first-order chi connectivity index (χ1) is 16.5. The van der Waals surface area contributed by atoms with E-state index in [4.69, 9.17) is 4.74 Å². The molecule has 1 aromatic carbocycles. The van der Waals surface area contributed by atoms with Gasteiger partial charge in [-0.1, -0.05) is 45.7 Å². The predicted molar refractivity (Wildman–Crippen MR) is 132 cm³/mol. The van der Waals surface area contributed by atoms with Gasteiger partial charge in [-0.15, -0.1) is 0 Å². The summed E-state index contributed by atoms with van der Waals surface area (Å²) in [5.41, 5.74) is 1.32. The van der Waals surface area contributed by atoms with Gasteiger partial charge in [0.1, 0.15) is 11.5 Å². The van der Waals surface area contributed by atoms with Crippen molar-refractivity contribution in [3.8, 4) is 5.75 Å². The van der Waals surface area contributed by atoms with E-state index < -0.39 is 17.7 Å². The first kappa shape index (κ1) is 25.4. The highest BCUT2D eigenvalue weighted by Crippen LogP contribution is 2.39. The van der Waals surface area contributed by atoms with Crippen LogP contribution in [0.2, 0.25) is 0 Å². The van der Waals surface area contributed by atoms with E-state index in [9.17, 15) is 14.7 Å². The maximum atomic E-state index is 13.1. The highest BCUT2D eigenvalue weighted by atomic mass is 16.5. The molecule has 1 N–H and O–H groups in total. The monoisotopic (exact) mass is 465 g/mol. The van der Waals surface area contributed by atoms with Crippen molar-refractivity contribution in [1.29, 1.82) is 0 Å². The van der Waals surface area contributed by atoms with Crippen LogP contribution in [0.15, 0.2) is 54.4 Å². The second kappa shape index (κ2) is 12.3. The minimum absolute atomic E-state index is 0.104. The number of likely N-dealkylation sites (tertiary alicyclic amines) is 1. The van der Waals surface area contributed by atoms with E-state index in [2.05, 4.69) is 30.7 Å². The number of ketones is 1. The third-order valence-corrected chi connectivity index (χ3v) is 6.26. The number of hydrogen-bond acceptors (Lipinski definition) is 6. The lowest BCUT2D eigenvalue weighted by Gasteiger charge is -2.28. The summed E-state index contributed by atoms with van der Waals surface area (Å²) in [6.45, 7) is 9.67. The molecule has 1 unspecified atom stereocenters. The Balaban J connectivity index is 1.95. The SMILES string of the molecule is CCCCCOc1ccc(C2C(=C(O)c3ccncc3)C(=O)C(=O)N2CCN(CC)CC)cc1. The van der Waals surface area contributed by atoms with E-state index in [0.29, 0.717) is 25.3 Å². The standard InChI is InChI=1S/C27H35N3O4/c1-4-7-8-19-34-22-11-9-20(10-12-22)24-23(25(31)21-13-15-28-16-14-21)26(32)27(33)30(24)18-17-29(5-2)6-3/h9-16,24,31H,4-8,17-19H2,1-3H3. The van der Waals surface area contributed by atoms with Gasteiger partial charge < -0.3 is 19.6 Å². The lowest BCUT2D eigenvalue weighted by molar-refractivity contribution is -0.140. The van der Waals surface area contributed by atoms with E-state index >= 15 is 0 Å². The Morgan fingerprint density at radius 3 is 2.32 bits per heavy atom. The summed E-state index contributed by atoms with van der Waals surface area (Å²) in [6, 6.07) is 10.0. The zero-order valence-corrected chi connectivity index (χ0v) is 20.4. The summed E-state index contributed by atoms with van der Waals surface area (Å²) in [7, 11) is 0. The summed E-state index contributed by atoms with van der Waals surface area (Å²) in [6.07, 6.45) is 6.34. The molecule has 1 aromatic heterocycles. The number of rotatable bonds is 12. The number of pyridine rings is 1. The van der Waals surface area contributed by atoms with Gasteiger partial charge in [-0.25, -0.2) is 0 Å². The van der Waals surface area contributed by atoms with Crippen LogP contribution >= 0.6 is 0 Å². The van der Waals surface area contributed by atoms with Gasteiger partial charge in [0.05, 0.1) is 18.2 Å². The fraction of sp³-hybridized carbons (Fsp3) is 0.444. The third kappa shape index (κ3) is 5.83. The van der Waals surface area contributed by atoms with Crippen molar-refractivity contribution in [2.75, 3.05) is 32.8 Å². The van der Waals surface area contributed by atoms with Crippen LogP contribution in [0.25, 0.3) is 5.76 Å². The van der Waals surface area contributed by atoms with Crippen LogP contribution in [0.3, 0.4) is 0 Å². The van der Waals surface area contributed by atoms with Crippen LogP contribution in [-0.4, -0.2) is 64.4 Å². The third-order valence-electron chi connectivity index (χ3n) is 6.26. The summed E-state index contributed by atoms with van der Waals surface area (Å²) >= 11 is 0. The van der Waals surface area contributed by atoms with Crippen molar-refractivity contribution < 1.29 is 19.4 Å². The number of aromatic nitrogens is 1. The summed E-state index contributed by atoms with van der Waals surface area (Å²) in [5, 5.41) is 11.1. The molecule has 182 valence electrons. The number of benzene rings is 1. The van der Waals surface area contributed by atoms with Gasteiger partial charge in [-0.2, -0.15) is 0 Å². The van der Waals surface area contributed by atoms with Crippen molar-refractivity contribution in [2.24, 2.45) is 0 Å². The Hall–Kier alpha value is -3.19. The van der Waals surface area contributed by atoms with Crippen LogP contribution in [0.4, 0.5) is 0 Å². The molecule has 3 rings (SSSR count). The van der Waals surface area contributed by atoms with Gasteiger partial charge in [0.2, 0.25) is 0 Å². The molecule has 7 heteroatoms. The minimum Gasteiger partial charge on any atom is -0.507 e. The second-order valence-corrected chi connectivity index (χ2v) is 8.38. The molecule has 0 bridgehead atoms. The molecule has 0 radical (unpaired) electrons. The van der Waals surface area contributed by atoms with Crippen LogP contribution in [0, 0.1) is 0 Å². The van der Waals surface area contributed by atoms with Gasteiger partial charge >= 0.3 is 0 Å². The molecular weight excluding hydrogens is 430 g/mol. The largest absolute Gasteiger partial charge is 0.507 e. The fourth-order valence-corrected chi connectivity index (χ4v) is 4.20. The van der Waals surface area contributed by atoms with Crippen molar-refractivity contribution >= 4 is 17.4 Å². The molecule has 2 heterocycles. The van der Waals surface area contributed by atoms with E-state index in [-0.39, 0.29) is 11.3 Å². The molecular formula is C27H35N3O4. The average Bonchev–Trinajstić information content (AvgIpc) is 3.12. The number of carbonyl (C=O) groups is 2. The molecule has 0 aliphatic carbocycles. The molecule has 1 aliphatic rings. The normalized spacial score (nSPS) is 17.5. The van der Waals surface area contributed by atoms with E-state index in [1.807, 2.05) is 24.3 Å². The van der Waals surface area contributed by atoms with Gasteiger partial charge in [-0.3, -0.25) is 14.6 Å². The lowest BCUT2D eigenvalue weighted by Crippen LogP contribution is -2.38. The number of Topliss-reactive ketones (excluding diaryl/α,β-unsaturated/α-hetero) is 1. The highest BCUT2D eigenvalue weighted by molar-refractivity contribution is 6.46. The number of aliphatic hydroxyl groups excluding tert-OH is 1. The zero-order valence-electron chi connectivity index (χ0n) is 20.4. The number of likely N-dealkylation sites (N-methyl/N-ethyl adjacent to an activating group) is 1. The molecule has 1 aliphatic heterocycles. The van der Waals surface area contributed by atoms with Crippen molar-refractivity contribution in [1.82, 2.24) is 14.8 Å². The highest BCUT2D eigenvalue weighted by Gasteiger charge is 2.45. The van der Waals surface area contributed by atoms with Crippen molar-refractivity contribution in [2.45, 2.75) is 46.1 Å². The van der Waals surface area contributed by atoms with Gasteiger partial charge in [-0.05, 0) is 49.3 Å². The van der Waals surface area contributed by atoms with Gasteiger partial charge in [0, 0.05) is 31.0 Å². The summed E-state index contributed by atoms with van der Waals surface area (Å²) < 4.78 is 5.82. The van der Waals surface area contributed by atoms with Crippen molar-refractivity contribution in [3.63, 3.8) is 0 Å². The quantitative estimate of drug-likeness (QED) is 0.216. The van der Waals surface area contributed by atoms with E-state index in [1.54, 1.807) is 29.4 Å². The molecule has 2 aromatic rings. The maximum absolute atomic E-state index is 13.1. The molecule has 1 saturated heterocycles. The molecule has 34 heavy (non-hydrogen) atoms. The van der Waals surface area contributed by atoms with E-state index in [0.717, 1.165) is 43.7 Å². The second-order valence-electron chi connectivity index (χ2n) is 8.38. The topological polar surface area (TPSA) is 83.0 Å². The molecule has 1 fully saturated rings. The predicted octanol–water partition coefficient (Wildman–Crippen LogP) is 4.41. The summed E-state index contributed by atoms with van der Waals surface area (Å²) in [5.74, 6) is -0.698. The number of hydrogen-bond donors (Lipinski definition) is 1. The molecule has 0 spiro atoms. The number of aliphatic hydroxyl groups is 1. The Labute approximate surface area is 202 Å². The Kier molecular flexibility index (Phi) is 9.22. The molecule has 1 atom stereocenters. The maximum Gasteiger partial charge on any atom is 0.295 e. The smallest absolute Gasteiger partial charge is 0.295 e. The number of unbranched alkanes of at least 4 members (excludes halogenated alkanes) is 2. The molecule has 7 nitrogen and oxygen atoms in total. The van der Waals surface area contributed by atoms with Crippen LogP contribution in [0.1, 0.15) is 57.2 Å². The fourth-order valence-electron chi connectivity index (χ4n) is 4.20. The van der Waals surface area contributed by atoms with Crippen molar-refractivity contribution in [3.05, 3.63) is 65.5 Å². The number of nitrogens with zero attached hydrogens (tertiary/aromatic N) is 3. The Morgan fingerprint density at radius 1 is 1.03 bits per heavy atom. The molecule has 1 amide bonds. The van der Waals surface area contributed by atoms with Gasteiger partial charge in [0.25, 0.3) is 11.7 Å². The Bertz CT molecular complexity index is 985. The molecule has 0 saturated carbocycles. The van der Waals surface area contributed by atoms with Crippen LogP contribution in [-0.2, 0) is 9.59 Å². The van der Waals surface area contributed by atoms with Crippen LogP contribution < -0.4 is 4.74 Å². The van der Waals surface area contributed by atoms with E-state index in [1.165, 1.54) is 0 Å². The number of ether oxygens (including phenoxy) is 1. The lowest BCUT2D eigenvalue weighted by atomic mass is 9.95. The van der Waals surface area contributed by atoms with Crippen LogP contribution in [0.5, 0.6) is 5.75 Å². The zero-order chi connectivity index (χ0) is 24.5. The van der Waals surface area contributed by atoms with Gasteiger partial charge in [0.15, 0.2) is 0 Å². The summed E-state index contributed by atoms with van der Waals surface area (Å²) in [4.78, 5) is 33.9. The Morgan fingerprint density at radius 2 is 1.71 bits per heavy atom. The number of carbonyl (C=O) groups excluding carboxylic acids is 2. The minimum atomic E-state index is -0.669. The first-order valence-electron chi connectivity index (χ1n) is 12.2. The first-order valence-corrected chi connectivity index (χ1v) is 12.2. The number of amides is 1. The average molecular weight is 466 g/mol.